The van der Waals surface area contributed by atoms with E-state index in [0.29, 0.717) is 28.6 Å². The van der Waals surface area contributed by atoms with Crippen LogP contribution in [0.4, 0.5) is 5.69 Å². The van der Waals surface area contributed by atoms with E-state index in [1.165, 1.54) is 0 Å². The second-order valence-corrected chi connectivity index (χ2v) is 6.29. The van der Waals surface area contributed by atoms with Crippen LogP contribution in [-0.4, -0.2) is 17.9 Å². The highest BCUT2D eigenvalue weighted by atomic mass is 35.5. The first kappa shape index (κ1) is 16.1. The highest BCUT2D eigenvalue weighted by Gasteiger charge is 2.56. The van der Waals surface area contributed by atoms with E-state index in [9.17, 15) is 9.59 Å². The van der Waals surface area contributed by atoms with E-state index >= 15 is 0 Å². The SMILES string of the molecule is CCC(C)NC(=O)C1(C(=O)Nc2cc(Cl)ccc2Cl)CC1. The topological polar surface area (TPSA) is 58.2 Å². The molecule has 4 nitrogen and oxygen atoms in total. The number of benzene rings is 1. The maximum atomic E-state index is 12.4. The molecule has 2 N–H and O–H groups in total. The Kier molecular flexibility index (Phi) is 4.79. The molecule has 2 rings (SSSR count). The van der Waals surface area contributed by atoms with Crippen molar-refractivity contribution in [2.24, 2.45) is 5.41 Å². The van der Waals surface area contributed by atoms with Crippen LogP contribution in [0.1, 0.15) is 33.1 Å². The van der Waals surface area contributed by atoms with Gasteiger partial charge < -0.3 is 10.6 Å². The van der Waals surface area contributed by atoms with Crippen LogP contribution in [-0.2, 0) is 9.59 Å². The minimum atomic E-state index is -0.963. The van der Waals surface area contributed by atoms with Gasteiger partial charge in [0.05, 0.1) is 10.7 Å². The summed E-state index contributed by atoms with van der Waals surface area (Å²) in [6.07, 6.45) is 1.93. The molecule has 0 spiro atoms. The molecule has 0 radical (unpaired) electrons. The molecule has 6 heteroatoms. The molecular formula is C15H18Cl2N2O2. The van der Waals surface area contributed by atoms with Crippen LogP contribution in [0.3, 0.4) is 0 Å². The smallest absolute Gasteiger partial charge is 0.240 e. The van der Waals surface area contributed by atoms with Crippen molar-refractivity contribution in [1.29, 1.82) is 0 Å². The number of rotatable bonds is 5. The Labute approximate surface area is 134 Å². The highest BCUT2D eigenvalue weighted by Crippen LogP contribution is 2.47. The summed E-state index contributed by atoms with van der Waals surface area (Å²) in [6.45, 7) is 3.90. The lowest BCUT2D eigenvalue weighted by atomic mass is 10.0. The molecule has 2 amide bonds. The first-order valence-corrected chi connectivity index (χ1v) is 7.72. The fourth-order valence-corrected chi connectivity index (χ4v) is 2.32. The first-order valence-electron chi connectivity index (χ1n) is 6.96. The highest BCUT2D eigenvalue weighted by molar-refractivity contribution is 6.36. The van der Waals surface area contributed by atoms with E-state index in [2.05, 4.69) is 10.6 Å². The van der Waals surface area contributed by atoms with Gasteiger partial charge in [0.25, 0.3) is 0 Å². The van der Waals surface area contributed by atoms with Gasteiger partial charge in [-0.15, -0.1) is 0 Å². The molecule has 0 heterocycles. The van der Waals surface area contributed by atoms with E-state index < -0.39 is 5.41 Å². The van der Waals surface area contributed by atoms with Gasteiger partial charge in [0, 0.05) is 11.1 Å². The minimum absolute atomic E-state index is 0.0533. The molecule has 0 saturated heterocycles. The predicted molar refractivity (Wildman–Crippen MR) is 84.7 cm³/mol. The lowest BCUT2D eigenvalue weighted by Gasteiger charge is -2.19. The summed E-state index contributed by atoms with van der Waals surface area (Å²) in [4.78, 5) is 24.6. The van der Waals surface area contributed by atoms with Gasteiger partial charge in [-0.3, -0.25) is 9.59 Å². The largest absolute Gasteiger partial charge is 0.353 e. The third-order valence-electron chi connectivity index (χ3n) is 3.79. The third-order valence-corrected chi connectivity index (χ3v) is 4.35. The number of halogens is 2. The molecule has 1 aromatic carbocycles. The molecule has 1 saturated carbocycles. The monoisotopic (exact) mass is 328 g/mol. The van der Waals surface area contributed by atoms with Crippen LogP contribution in [0, 0.1) is 5.41 Å². The molecule has 1 unspecified atom stereocenters. The van der Waals surface area contributed by atoms with Crippen molar-refractivity contribution in [2.45, 2.75) is 39.2 Å². The summed E-state index contributed by atoms with van der Waals surface area (Å²) in [6, 6.07) is 4.88. The van der Waals surface area contributed by atoms with Gasteiger partial charge in [0.1, 0.15) is 5.41 Å². The predicted octanol–water partition coefficient (Wildman–Crippen LogP) is 3.63. The molecule has 0 aliphatic heterocycles. The lowest BCUT2D eigenvalue weighted by molar-refractivity contribution is -0.134. The zero-order valence-corrected chi connectivity index (χ0v) is 13.5. The summed E-state index contributed by atoms with van der Waals surface area (Å²) in [7, 11) is 0. The summed E-state index contributed by atoms with van der Waals surface area (Å²) < 4.78 is 0. The van der Waals surface area contributed by atoms with Crippen molar-refractivity contribution < 1.29 is 9.59 Å². The standard InChI is InChI=1S/C15H18Cl2N2O2/c1-3-9(2)18-13(20)15(6-7-15)14(21)19-12-8-10(16)4-5-11(12)17/h4-5,8-9H,3,6-7H2,1-2H3,(H,18,20)(H,19,21). The van der Waals surface area contributed by atoms with Crippen LogP contribution in [0.2, 0.25) is 10.0 Å². The lowest BCUT2D eigenvalue weighted by Crippen LogP contribution is -2.43. The van der Waals surface area contributed by atoms with Crippen LogP contribution >= 0.6 is 23.2 Å². The number of hydrogen-bond donors (Lipinski definition) is 2. The van der Waals surface area contributed by atoms with Crippen molar-refractivity contribution in [3.8, 4) is 0 Å². The molecule has 21 heavy (non-hydrogen) atoms. The number of hydrogen-bond acceptors (Lipinski definition) is 2. The van der Waals surface area contributed by atoms with E-state index in [0.717, 1.165) is 6.42 Å². The Bertz CT molecular complexity index is 571. The molecule has 1 aromatic rings. The van der Waals surface area contributed by atoms with E-state index in [4.69, 9.17) is 23.2 Å². The summed E-state index contributed by atoms with van der Waals surface area (Å²) in [5.41, 5.74) is -0.536. The molecule has 1 fully saturated rings. The fraction of sp³-hybridized carbons (Fsp3) is 0.467. The van der Waals surface area contributed by atoms with Gasteiger partial charge in [0.2, 0.25) is 11.8 Å². The number of nitrogens with one attached hydrogen (secondary N) is 2. The zero-order valence-electron chi connectivity index (χ0n) is 12.0. The second kappa shape index (κ2) is 6.24. The summed E-state index contributed by atoms with van der Waals surface area (Å²) in [5.74, 6) is -0.542. The Balaban J connectivity index is 2.09. The number of amides is 2. The fourth-order valence-electron chi connectivity index (χ4n) is 1.98. The molecule has 1 atom stereocenters. The molecule has 0 aromatic heterocycles. The quantitative estimate of drug-likeness (QED) is 0.811. The van der Waals surface area contributed by atoms with Gasteiger partial charge >= 0.3 is 0 Å². The zero-order chi connectivity index (χ0) is 15.6. The van der Waals surface area contributed by atoms with Crippen LogP contribution in [0.25, 0.3) is 0 Å². The first-order chi connectivity index (χ1) is 9.89. The number of anilines is 1. The Morgan fingerprint density at radius 3 is 2.52 bits per heavy atom. The van der Waals surface area contributed by atoms with Crippen molar-refractivity contribution in [3.63, 3.8) is 0 Å². The Morgan fingerprint density at radius 2 is 1.95 bits per heavy atom. The van der Waals surface area contributed by atoms with Crippen molar-refractivity contribution >= 4 is 40.7 Å². The van der Waals surface area contributed by atoms with Crippen LogP contribution in [0.5, 0.6) is 0 Å². The second-order valence-electron chi connectivity index (χ2n) is 5.44. The van der Waals surface area contributed by atoms with Gasteiger partial charge in [-0.2, -0.15) is 0 Å². The van der Waals surface area contributed by atoms with Crippen molar-refractivity contribution in [3.05, 3.63) is 28.2 Å². The molecular weight excluding hydrogens is 311 g/mol. The van der Waals surface area contributed by atoms with Gasteiger partial charge in [-0.25, -0.2) is 0 Å². The Morgan fingerprint density at radius 1 is 1.29 bits per heavy atom. The van der Waals surface area contributed by atoms with Gasteiger partial charge in [-0.05, 0) is 44.4 Å². The molecule has 1 aliphatic carbocycles. The molecule has 0 bridgehead atoms. The normalized spacial score (nSPS) is 17.0. The number of carbonyl (C=O) groups excluding carboxylic acids is 2. The Hall–Kier alpha value is -1.26. The van der Waals surface area contributed by atoms with Crippen LogP contribution < -0.4 is 10.6 Å². The average Bonchev–Trinajstić information content (AvgIpc) is 3.24. The maximum absolute atomic E-state index is 12.4. The average molecular weight is 329 g/mol. The summed E-state index contributed by atoms with van der Waals surface area (Å²) >= 11 is 11.9. The van der Waals surface area contributed by atoms with Gasteiger partial charge in [0.15, 0.2) is 0 Å². The molecule has 114 valence electrons. The van der Waals surface area contributed by atoms with Crippen molar-refractivity contribution in [1.82, 2.24) is 5.32 Å². The van der Waals surface area contributed by atoms with Crippen LogP contribution in [0.15, 0.2) is 18.2 Å². The van der Waals surface area contributed by atoms with Crippen molar-refractivity contribution in [2.75, 3.05) is 5.32 Å². The minimum Gasteiger partial charge on any atom is -0.353 e. The maximum Gasteiger partial charge on any atom is 0.240 e. The molecule has 1 aliphatic rings. The van der Waals surface area contributed by atoms with E-state index in [-0.39, 0.29) is 17.9 Å². The van der Waals surface area contributed by atoms with E-state index in [1.807, 2.05) is 13.8 Å². The number of carbonyl (C=O) groups is 2. The third kappa shape index (κ3) is 3.50. The van der Waals surface area contributed by atoms with Gasteiger partial charge in [-0.1, -0.05) is 30.1 Å². The van der Waals surface area contributed by atoms with E-state index in [1.54, 1.807) is 18.2 Å². The summed E-state index contributed by atoms with van der Waals surface area (Å²) in [5, 5.41) is 6.45.